The molecule has 0 spiro atoms. The molecule has 32 heavy (non-hydrogen) atoms. The fraction of sp³-hybridized carbons (Fsp3) is 0.545. The molecule has 0 fully saturated rings. The van der Waals surface area contributed by atoms with Crippen molar-refractivity contribution in [2.45, 2.75) is 72.2 Å². The number of aromatic nitrogens is 3. The van der Waals surface area contributed by atoms with Crippen LogP contribution in [-0.4, -0.2) is 44.8 Å². The molecule has 1 aromatic heterocycles. The van der Waals surface area contributed by atoms with E-state index in [4.69, 9.17) is 4.74 Å². The zero-order chi connectivity index (χ0) is 22.4. The van der Waals surface area contributed by atoms with Crippen LogP contribution in [0.4, 0.5) is 5.69 Å². The molecule has 3 N–H and O–H groups in total. The van der Waals surface area contributed by atoms with Gasteiger partial charge in [0.25, 0.3) is 0 Å². The number of benzene rings is 1. The van der Waals surface area contributed by atoms with Crippen LogP contribution in [0, 0.1) is 0 Å². The van der Waals surface area contributed by atoms with Gasteiger partial charge in [-0.05, 0) is 65.3 Å². The van der Waals surface area contributed by atoms with E-state index >= 15 is 0 Å². The summed E-state index contributed by atoms with van der Waals surface area (Å²) in [5.41, 5.74) is 0.544. The lowest BCUT2D eigenvalue weighted by molar-refractivity contribution is -0.121. The second-order valence-corrected chi connectivity index (χ2v) is 8.92. The van der Waals surface area contributed by atoms with Crippen LogP contribution in [0.1, 0.15) is 52.7 Å². The van der Waals surface area contributed by atoms with Gasteiger partial charge in [0.1, 0.15) is 18.1 Å². The summed E-state index contributed by atoms with van der Waals surface area (Å²) >= 11 is 0. The third-order valence-corrected chi connectivity index (χ3v) is 4.48. The predicted octanol–water partition coefficient (Wildman–Crippen LogP) is 3.10. The first-order valence-electron chi connectivity index (χ1n) is 10.7. The molecule has 10 heteroatoms. The molecule has 1 amide bonds. The van der Waals surface area contributed by atoms with Gasteiger partial charge < -0.3 is 25.3 Å². The molecule has 0 saturated heterocycles. The van der Waals surface area contributed by atoms with Crippen LogP contribution in [0.3, 0.4) is 0 Å². The Morgan fingerprint density at radius 3 is 2.59 bits per heavy atom. The molecule has 0 bridgehead atoms. The van der Waals surface area contributed by atoms with Crippen LogP contribution in [0.25, 0.3) is 0 Å². The van der Waals surface area contributed by atoms with Gasteiger partial charge in [0.2, 0.25) is 5.91 Å². The highest BCUT2D eigenvalue weighted by atomic mass is 127. The highest BCUT2D eigenvalue weighted by Gasteiger charge is 2.17. The summed E-state index contributed by atoms with van der Waals surface area (Å²) in [6.07, 6.45) is 2.16. The van der Waals surface area contributed by atoms with Crippen molar-refractivity contribution >= 4 is 41.5 Å². The van der Waals surface area contributed by atoms with Gasteiger partial charge >= 0.3 is 0 Å². The number of hydrogen-bond donors (Lipinski definition) is 3. The Balaban J connectivity index is 0.00000363. The standard InChI is InChI=1S/C22H33N7O2.HI/c1-15(2)31-17-10-8-16(9-11-17)25-21(24-14-20(30)26-22(3,4)5)23-13-19-28-27-18-7-6-12-29(18)19;/h8-11,15H,6-7,12-14H2,1-5H3,(H,26,30)(H2,23,24,25);1H. The van der Waals surface area contributed by atoms with Crippen LogP contribution < -0.4 is 20.7 Å². The second-order valence-electron chi connectivity index (χ2n) is 8.92. The molecule has 1 aliphatic heterocycles. The molecule has 1 aromatic carbocycles. The molecular formula is C22H34IN7O2. The maximum atomic E-state index is 12.2. The number of anilines is 1. The lowest BCUT2D eigenvalue weighted by Gasteiger charge is -2.21. The van der Waals surface area contributed by atoms with Gasteiger partial charge in [0.05, 0.1) is 12.6 Å². The zero-order valence-electron chi connectivity index (χ0n) is 19.4. The molecule has 2 aromatic rings. The van der Waals surface area contributed by atoms with Crippen molar-refractivity contribution in [2.24, 2.45) is 4.99 Å². The molecule has 0 aliphatic carbocycles. The number of guanidine groups is 1. The van der Waals surface area contributed by atoms with E-state index in [0.717, 1.165) is 42.5 Å². The van der Waals surface area contributed by atoms with Crippen molar-refractivity contribution in [3.63, 3.8) is 0 Å². The quantitative estimate of drug-likeness (QED) is 0.276. The summed E-state index contributed by atoms with van der Waals surface area (Å²) in [6, 6.07) is 7.63. The summed E-state index contributed by atoms with van der Waals surface area (Å²) in [6.45, 7) is 11.2. The van der Waals surface area contributed by atoms with E-state index in [0.29, 0.717) is 12.5 Å². The summed E-state index contributed by atoms with van der Waals surface area (Å²) in [5.74, 6) is 3.03. The highest BCUT2D eigenvalue weighted by molar-refractivity contribution is 14.0. The lowest BCUT2D eigenvalue weighted by Crippen LogP contribution is -2.46. The van der Waals surface area contributed by atoms with Gasteiger partial charge in [-0.3, -0.25) is 4.79 Å². The number of hydrogen-bond acceptors (Lipinski definition) is 5. The number of aliphatic imine (C=N–C) groups is 1. The Bertz CT molecular complexity index is 917. The third kappa shape index (κ3) is 7.95. The minimum absolute atomic E-state index is 0. The van der Waals surface area contributed by atoms with Crippen LogP contribution in [0.5, 0.6) is 5.75 Å². The van der Waals surface area contributed by atoms with E-state index in [9.17, 15) is 4.79 Å². The number of ether oxygens (including phenoxy) is 1. The van der Waals surface area contributed by atoms with E-state index in [-0.39, 0.29) is 48.1 Å². The molecule has 3 rings (SSSR count). The lowest BCUT2D eigenvalue weighted by atomic mass is 10.1. The zero-order valence-corrected chi connectivity index (χ0v) is 21.8. The van der Waals surface area contributed by atoms with E-state index in [1.165, 1.54) is 0 Å². The van der Waals surface area contributed by atoms with E-state index in [2.05, 4.69) is 35.7 Å². The van der Waals surface area contributed by atoms with Gasteiger partial charge in [-0.2, -0.15) is 0 Å². The monoisotopic (exact) mass is 555 g/mol. The van der Waals surface area contributed by atoms with E-state index < -0.39 is 0 Å². The molecule has 0 radical (unpaired) electrons. The Kier molecular flexibility index (Phi) is 9.29. The minimum Gasteiger partial charge on any atom is -0.491 e. The van der Waals surface area contributed by atoms with Crippen LogP contribution in [0.15, 0.2) is 29.3 Å². The normalized spacial score (nSPS) is 13.4. The number of fused-ring (bicyclic) bond motifs is 1. The minimum atomic E-state index is -0.294. The first-order chi connectivity index (χ1) is 14.7. The average Bonchev–Trinajstić information content (AvgIpc) is 3.28. The smallest absolute Gasteiger partial charge is 0.239 e. The third-order valence-electron chi connectivity index (χ3n) is 4.48. The van der Waals surface area contributed by atoms with Crippen LogP contribution in [-0.2, 0) is 24.3 Å². The van der Waals surface area contributed by atoms with Crippen molar-refractivity contribution in [3.05, 3.63) is 35.9 Å². The van der Waals surface area contributed by atoms with Gasteiger partial charge in [-0.1, -0.05) is 0 Å². The van der Waals surface area contributed by atoms with E-state index in [1.807, 2.05) is 58.9 Å². The molecule has 0 unspecified atom stereocenters. The van der Waals surface area contributed by atoms with Crippen molar-refractivity contribution in [1.29, 1.82) is 0 Å². The highest BCUT2D eigenvalue weighted by Crippen LogP contribution is 2.17. The van der Waals surface area contributed by atoms with E-state index in [1.54, 1.807) is 0 Å². The summed E-state index contributed by atoms with van der Waals surface area (Å²) < 4.78 is 7.81. The number of nitrogens with zero attached hydrogens (tertiary/aromatic N) is 4. The first-order valence-corrected chi connectivity index (χ1v) is 10.7. The molecule has 0 saturated carbocycles. The Morgan fingerprint density at radius 2 is 1.94 bits per heavy atom. The fourth-order valence-corrected chi connectivity index (χ4v) is 3.27. The van der Waals surface area contributed by atoms with Crippen molar-refractivity contribution in [2.75, 3.05) is 11.9 Å². The Labute approximate surface area is 206 Å². The molecular weight excluding hydrogens is 521 g/mol. The largest absolute Gasteiger partial charge is 0.491 e. The number of aryl methyl sites for hydroxylation is 1. The summed E-state index contributed by atoms with van der Waals surface area (Å²) in [4.78, 5) is 16.9. The Hall–Kier alpha value is -2.37. The van der Waals surface area contributed by atoms with Gasteiger partial charge in [-0.25, -0.2) is 4.99 Å². The van der Waals surface area contributed by atoms with Gasteiger partial charge in [0.15, 0.2) is 11.8 Å². The second kappa shape index (κ2) is 11.5. The van der Waals surface area contributed by atoms with Crippen molar-refractivity contribution in [1.82, 2.24) is 25.4 Å². The van der Waals surface area contributed by atoms with Crippen LogP contribution in [0.2, 0.25) is 0 Å². The predicted molar refractivity (Wildman–Crippen MR) is 137 cm³/mol. The molecule has 176 valence electrons. The number of carbonyl (C=O) groups is 1. The number of carbonyl (C=O) groups excluding carboxylic acids is 1. The number of halogens is 1. The number of rotatable bonds is 7. The SMILES string of the molecule is CC(C)Oc1ccc(NC(=NCc2nnc3n2CCC3)NCC(=O)NC(C)(C)C)cc1.I. The number of nitrogens with one attached hydrogen (secondary N) is 3. The molecule has 9 nitrogen and oxygen atoms in total. The summed E-state index contributed by atoms with van der Waals surface area (Å²) in [5, 5.41) is 17.8. The maximum absolute atomic E-state index is 12.2. The topological polar surface area (TPSA) is 105 Å². The molecule has 2 heterocycles. The first kappa shape index (κ1) is 25.9. The van der Waals surface area contributed by atoms with Gasteiger partial charge in [0, 0.05) is 24.2 Å². The number of amides is 1. The Morgan fingerprint density at radius 1 is 1.22 bits per heavy atom. The van der Waals surface area contributed by atoms with Crippen LogP contribution >= 0.6 is 24.0 Å². The van der Waals surface area contributed by atoms with Crippen molar-refractivity contribution in [3.8, 4) is 5.75 Å². The van der Waals surface area contributed by atoms with Gasteiger partial charge in [-0.15, -0.1) is 34.2 Å². The maximum Gasteiger partial charge on any atom is 0.239 e. The molecule has 0 atom stereocenters. The van der Waals surface area contributed by atoms with Crippen molar-refractivity contribution < 1.29 is 9.53 Å². The average molecular weight is 555 g/mol. The molecule has 1 aliphatic rings. The fourth-order valence-electron chi connectivity index (χ4n) is 3.27. The summed E-state index contributed by atoms with van der Waals surface area (Å²) in [7, 11) is 0.